The molecule has 4 unspecified atom stereocenters. The Morgan fingerprint density at radius 3 is 2.50 bits per heavy atom. The number of rotatable bonds is 3. The highest BCUT2D eigenvalue weighted by Crippen LogP contribution is 2.29. The zero-order valence-corrected chi connectivity index (χ0v) is 16.6. The van der Waals surface area contributed by atoms with Crippen LogP contribution in [-0.2, 0) is 4.79 Å². The molecule has 0 aromatic heterocycles. The summed E-state index contributed by atoms with van der Waals surface area (Å²) in [6.45, 7) is 6.76. The Hall–Kier alpha value is -0.0300. The van der Waals surface area contributed by atoms with E-state index in [1.54, 1.807) is 0 Å². The minimum atomic E-state index is 0. The minimum Gasteiger partial charge on any atom is -0.342 e. The van der Waals surface area contributed by atoms with E-state index in [1.165, 1.54) is 45.2 Å². The van der Waals surface area contributed by atoms with Gasteiger partial charge in [0.1, 0.15) is 0 Å². The molecule has 24 heavy (non-hydrogen) atoms. The molecule has 0 bridgehead atoms. The van der Waals surface area contributed by atoms with Crippen molar-refractivity contribution < 1.29 is 4.79 Å². The van der Waals surface area contributed by atoms with E-state index < -0.39 is 0 Å². The molecule has 2 saturated heterocycles. The van der Waals surface area contributed by atoms with Crippen molar-refractivity contribution in [1.29, 1.82) is 0 Å². The molecule has 0 aromatic rings. The highest BCUT2D eigenvalue weighted by Gasteiger charge is 2.34. The Bertz CT molecular complexity index is 396. The van der Waals surface area contributed by atoms with Gasteiger partial charge in [-0.25, -0.2) is 0 Å². The van der Waals surface area contributed by atoms with E-state index in [9.17, 15) is 4.79 Å². The predicted octanol–water partition coefficient (Wildman–Crippen LogP) is 3.07. The van der Waals surface area contributed by atoms with Crippen molar-refractivity contribution >= 4 is 30.7 Å². The molecule has 4 atom stereocenters. The van der Waals surface area contributed by atoms with Crippen LogP contribution in [0.1, 0.15) is 58.3 Å². The highest BCUT2D eigenvalue weighted by molar-refractivity contribution is 5.85. The predicted molar refractivity (Wildman–Crippen MR) is 104 cm³/mol. The minimum absolute atomic E-state index is 0. The molecular weight excluding hydrogens is 345 g/mol. The van der Waals surface area contributed by atoms with Gasteiger partial charge in [-0.1, -0.05) is 6.42 Å². The van der Waals surface area contributed by atoms with E-state index >= 15 is 0 Å². The molecule has 2 N–H and O–H groups in total. The van der Waals surface area contributed by atoms with E-state index in [-0.39, 0.29) is 36.8 Å². The summed E-state index contributed by atoms with van der Waals surface area (Å²) in [6.07, 6.45) is 9.48. The van der Waals surface area contributed by atoms with Crippen molar-refractivity contribution in [2.75, 3.05) is 26.2 Å². The third-order valence-electron chi connectivity index (χ3n) is 6.09. The summed E-state index contributed by atoms with van der Waals surface area (Å²) in [5.41, 5.74) is 5.98. The van der Waals surface area contributed by atoms with Crippen molar-refractivity contribution in [1.82, 2.24) is 9.80 Å². The van der Waals surface area contributed by atoms with Gasteiger partial charge in [-0.2, -0.15) is 0 Å². The molecule has 0 radical (unpaired) electrons. The monoisotopic (exact) mass is 379 g/mol. The maximum atomic E-state index is 12.7. The number of amides is 1. The maximum absolute atomic E-state index is 12.7. The number of hydrogen-bond donors (Lipinski definition) is 1. The lowest BCUT2D eigenvalue weighted by atomic mass is 9.93. The van der Waals surface area contributed by atoms with Crippen molar-refractivity contribution in [3.63, 3.8) is 0 Å². The number of halogens is 2. The van der Waals surface area contributed by atoms with Crippen LogP contribution in [0.25, 0.3) is 0 Å². The third-order valence-corrected chi connectivity index (χ3v) is 6.09. The number of nitrogens with two attached hydrogens (primary N) is 1. The average Bonchev–Trinajstić information content (AvgIpc) is 2.96. The molecule has 2 heterocycles. The standard InChI is InChI=1S/C18H33N3O.2ClH/c1-14-5-2-3-9-20(14)12-15-6-4-10-21(13-15)18(22)16-7-8-17(19)11-16;;/h14-17H,2-13,19H2,1H3;2*1H. The van der Waals surface area contributed by atoms with Crippen LogP contribution in [0, 0.1) is 11.8 Å². The lowest BCUT2D eigenvalue weighted by Gasteiger charge is -2.40. The second-order valence-electron chi connectivity index (χ2n) is 7.90. The van der Waals surface area contributed by atoms with Gasteiger partial charge in [0.25, 0.3) is 0 Å². The summed E-state index contributed by atoms with van der Waals surface area (Å²) in [6, 6.07) is 0.983. The molecule has 2 aliphatic heterocycles. The number of hydrogen-bond acceptors (Lipinski definition) is 3. The van der Waals surface area contributed by atoms with Gasteiger partial charge in [-0.15, -0.1) is 24.8 Å². The lowest BCUT2D eigenvalue weighted by molar-refractivity contribution is -0.137. The van der Waals surface area contributed by atoms with Gasteiger partial charge in [-0.05, 0) is 64.3 Å². The lowest BCUT2D eigenvalue weighted by Crippen LogP contribution is -2.48. The van der Waals surface area contributed by atoms with Crippen LogP contribution >= 0.6 is 24.8 Å². The van der Waals surface area contributed by atoms with Crippen molar-refractivity contribution in [3.8, 4) is 0 Å². The Morgan fingerprint density at radius 2 is 1.83 bits per heavy atom. The molecular formula is C18H35Cl2N3O. The number of carbonyl (C=O) groups is 1. The van der Waals surface area contributed by atoms with Crippen molar-refractivity contribution in [2.45, 2.75) is 70.4 Å². The fourth-order valence-electron chi connectivity index (χ4n) is 4.67. The largest absolute Gasteiger partial charge is 0.342 e. The smallest absolute Gasteiger partial charge is 0.225 e. The van der Waals surface area contributed by atoms with Gasteiger partial charge in [0.15, 0.2) is 0 Å². The Kier molecular flexibility index (Phi) is 9.35. The first kappa shape index (κ1) is 22.0. The molecule has 1 aliphatic carbocycles. The van der Waals surface area contributed by atoms with Gasteiger partial charge in [0.05, 0.1) is 0 Å². The molecule has 3 fully saturated rings. The molecule has 0 aromatic carbocycles. The van der Waals surface area contributed by atoms with Crippen LogP contribution in [0.4, 0.5) is 0 Å². The number of nitrogens with zero attached hydrogens (tertiary/aromatic N) is 2. The zero-order valence-electron chi connectivity index (χ0n) is 15.0. The third kappa shape index (κ3) is 5.48. The molecule has 3 rings (SSSR count). The Balaban J connectivity index is 0.00000144. The molecule has 6 heteroatoms. The van der Waals surface area contributed by atoms with Crippen LogP contribution < -0.4 is 5.73 Å². The molecule has 0 spiro atoms. The van der Waals surface area contributed by atoms with Crippen LogP contribution in [-0.4, -0.2) is 54.0 Å². The number of likely N-dealkylation sites (tertiary alicyclic amines) is 2. The quantitative estimate of drug-likeness (QED) is 0.819. The second-order valence-corrected chi connectivity index (χ2v) is 7.90. The van der Waals surface area contributed by atoms with E-state index in [4.69, 9.17) is 5.73 Å². The van der Waals surface area contributed by atoms with Gasteiger partial charge < -0.3 is 15.5 Å². The average molecular weight is 380 g/mol. The molecule has 1 saturated carbocycles. The van der Waals surface area contributed by atoms with Gasteiger partial charge >= 0.3 is 0 Å². The molecule has 3 aliphatic rings. The van der Waals surface area contributed by atoms with Crippen molar-refractivity contribution in [2.24, 2.45) is 17.6 Å². The Morgan fingerprint density at radius 1 is 1.04 bits per heavy atom. The van der Waals surface area contributed by atoms with E-state index in [1.807, 2.05) is 0 Å². The first-order valence-corrected chi connectivity index (χ1v) is 9.42. The van der Waals surface area contributed by atoms with E-state index in [0.29, 0.717) is 11.8 Å². The molecule has 4 nitrogen and oxygen atoms in total. The van der Waals surface area contributed by atoms with Crippen molar-refractivity contribution in [3.05, 3.63) is 0 Å². The van der Waals surface area contributed by atoms with Crippen LogP contribution in [0.3, 0.4) is 0 Å². The first-order valence-electron chi connectivity index (χ1n) is 9.42. The zero-order chi connectivity index (χ0) is 15.5. The SMILES string of the molecule is CC1CCCCN1CC1CCCN(C(=O)C2CCC(N)C2)C1.Cl.Cl. The summed E-state index contributed by atoms with van der Waals surface area (Å²) in [5.74, 6) is 1.28. The number of piperidine rings is 2. The maximum Gasteiger partial charge on any atom is 0.225 e. The fourth-order valence-corrected chi connectivity index (χ4v) is 4.67. The Labute approximate surface area is 159 Å². The van der Waals surface area contributed by atoms with Gasteiger partial charge in [0.2, 0.25) is 5.91 Å². The molecule has 1 amide bonds. The number of carbonyl (C=O) groups excluding carboxylic acids is 1. The highest BCUT2D eigenvalue weighted by atomic mass is 35.5. The fraction of sp³-hybridized carbons (Fsp3) is 0.944. The van der Waals surface area contributed by atoms with Crippen LogP contribution in [0.5, 0.6) is 0 Å². The topological polar surface area (TPSA) is 49.6 Å². The second kappa shape index (κ2) is 10.2. The van der Waals surface area contributed by atoms with Gasteiger partial charge in [-0.3, -0.25) is 4.79 Å². The summed E-state index contributed by atoms with van der Waals surface area (Å²) in [4.78, 5) is 17.5. The molecule has 142 valence electrons. The summed E-state index contributed by atoms with van der Waals surface area (Å²) in [7, 11) is 0. The summed E-state index contributed by atoms with van der Waals surface area (Å²) < 4.78 is 0. The van der Waals surface area contributed by atoms with E-state index in [0.717, 1.165) is 38.4 Å². The van der Waals surface area contributed by atoms with Crippen LogP contribution in [0.2, 0.25) is 0 Å². The summed E-state index contributed by atoms with van der Waals surface area (Å²) >= 11 is 0. The van der Waals surface area contributed by atoms with E-state index in [2.05, 4.69) is 16.7 Å². The normalized spacial score (nSPS) is 34.3. The summed E-state index contributed by atoms with van der Waals surface area (Å²) in [5, 5.41) is 0. The first-order chi connectivity index (χ1) is 10.6. The van der Waals surface area contributed by atoms with Gasteiger partial charge in [0, 0.05) is 37.6 Å². The van der Waals surface area contributed by atoms with Crippen LogP contribution in [0.15, 0.2) is 0 Å².